The molecule has 0 aliphatic heterocycles. The third-order valence-electron chi connectivity index (χ3n) is 2.99. The van der Waals surface area contributed by atoms with E-state index in [2.05, 4.69) is 9.97 Å². The summed E-state index contributed by atoms with van der Waals surface area (Å²) in [5, 5.41) is 0.436. The molecule has 0 radical (unpaired) electrons. The van der Waals surface area contributed by atoms with E-state index in [-0.39, 0.29) is 5.41 Å². The van der Waals surface area contributed by atoms with Crippen LogP contribution in [-0.2, 0) is 5.41 Å². The number of benzene rings is 1. The lowest BCUT2D eigenvalue weighted by molar-refractivity contribution is 0.441. The Labute approximate surface area is 135 Å². The van der Waals surface area contributed by atoms with Gasteiger partial charge in [0, 0.05) is 15.9 Å². The van der Waals surface area contributed by atoms with E-state index in [4.69, 9.17) is 16.3 Å². The first-order valence-electron chi connectivity index (χ1n) is 6.68. The van der Waals surface area contributed by atoms with Crippen molar-refractivity contribution in [1.82, 2.24) is 9.97 Å². The largest absolute Gasteiger partial charge is 0.439 e. The summed E-state index contributed by atoms with van der Waals surface area (Å²) in [6, 6.07) is 7.89. The van der Waals surface area contributed by atoms with Crippen LogP contribution < -0.4 is 4.74 Å². The fourth-order valence-electron chi connectivity index (χ4n) is 1.66. The summed E-state index contributed by atoms with van der Waals surface area (Å²) in [6.45, 7) is 8.00. The van der Waals surface area contributed by atoms with Crippen molar-refractivity contribution >= 4 is 23.4 Å². The number of hydrogen-bond donors (Lipinski definition) is 0. The van der Waals surface area contributed by atoms with Crippen LogP contribution in [-0.4, -0.2) is 16.2 Å². The summed E-state index contributed by atoms with van der Waals surface area (Å²) in [4.78, 5) is 10.1. The molecule has 1 heterocycles. The Morgan fingerprint density at radius 3 is 2.24 bits per heavy atom. The molecule has 3 nitrogen and oxygen atoms in total. The number of aromatic nitrogens is 2. The van der Waals surface area contributed by atoms with E-state index in [0.717, 1.165) is 11.3 Å². The number of nitrogens with zero attached hydrogens (tertiary/aromatic N) is 2. The molecule has 21 heavy (non-hydrogen) atoms. The lowest BCUT2D eigenvalue weighted by Crippen LogP contribution is -2.17. The first-order chi connectivity index (χ1) is 9.81. The topological polar surface area (TPSA) is 35.0 Å². The van der Waals surface area contributed by atoms with Crippen LogP contribution >= 0.6 is 23.4 Å². The Hall–Kier alpha value is -1.26. The summed E-state index contributed by atoms with van der Waals surface area (Å²) in [6.07, 6.45) is 2.04. The van der Waals surface area contributed by atoms with Gasteiger partial charge in [0.2, 0.25) is 5.88 Å². The lowest BCUT2D eigenvalue weighted by atomic mass is 9.96. The Morgan fingerprint density at radius 2 is 1.71 bits per heavy atom. The molecule has 0 saturated heterocycles. The summed E-state index contributed by atoms with van der Waals surface area (Å²) < 4.78 is 5.88. The van der Waals surface area contributed by atoms with Crippen molar-refractivity contribution in [2.75, 3.05) is 6.26 Å². The van der Waals surface area contributed by atoms with Crippen LogP contribution in [0.4, 0.5) is 0 Å². The van der Waals surface area contributed by atoms with Crippen molar-refractivity contribution < 1.29 is 4.74 Å². The molecular formula is C16H19ClN2OS. The molecule has 1 aromatic carbocycles. The second-order valence-electron chi connectivity index (χ2n) is 5.80. The van der Waals surface area contributed by atoms with Crippen molar-refractivity contribution in [2.24, 2.45) is 0 Å². The minimum Gasteiger partial charge on any atom is -0.439 e. The zero-order valence-corrected chi connectivity index (χ0v) is 14.5. The van der Waals surface area contributed by atoms with Crippen molar-refractivity contribution in [2.45, 2.75) is 38.0 Å². The summed E-state index contributed by atoms with van der Waals surface area (Å²) in [5.74, 6) is 1.93. The van der Waals surface area contributed by atoms with E-state index < -0.39 is 0 Å². The molecule has 0 amide bonds. The van der Waals surface area contributed by atoms with Gasteiger partial charge in [0.1, 0.15) is 16.7 Å². The van der Waals surface area contributed by atoms with Crippen LogP contribution in [0.3, 0.4) is 0 Å². The van der Waals surface area contributed by atoms with Crippen LogP contribution in [0.1, 0.15) is 32.2 Å². The molecule has 0 atom stereocenters. The Balaban J connectivity index is 2.36. The quantitative estimate of drug-likeness (QED) is 0.571. The van der Waals surface area contributed by atoms with Gasteiger partial charge in [-0.1, -0.05) is 32.4 Å². The van der Waals surface area contributed by atoms with Crippen molar-refractivity contribution in [3.63, 3.8) is 0 Å². The highest BCUT2D eigenvalue weighted by molar-refractivity contribution is 7.98. The number of thioether (sulfide) groups is 1. The van der Waals surface area contributed by atoms with Gasteiger partial charge in [-0.15, -0.1) is 11.8 Å². The molecule has 2 rings (SSSR count). The second-order valence-corrected chi connectivity index (χ2v) is 7.03. The minimum absolute atomic E-state index is 0.182. The maximum Gasteiger partial charge on any atom is 0.227 e. The minimum atomic E-state index is -0.182. The molecule has 0 aliphatic rings. The van der Waals surface area contributed by atoms with Crippen molar-refractivity contribution in [3.05, 3.63) is 40.8 Å². The molecule has 5 heteroatoms. The third-order valence-corrected chi connectivity index (χ3v) is 4.10. The molecule has 0 spiro atoms. The average molecular weight is 323 g/mol. The maximum atomic E-state index is 6.20. The molecule has 2 aromatic rings. The molecule has 0 aliphatic carbocycles. The first kappa shape index (κ1) is 16.1. The Bertz CT molecular complexity index is 636. The number of hydrogen-bond acceptors (Lipinski definition) is 4. The highest BCUT2D eigenvalue weighted by atomic mass is 35.5. The monoisotopic (exact) mass is 322 g/mol. The number of rotatable bonds is 3. The maximum absolute atomic E-state index is 6.20. The van der Waals surface area contributed by atoms with Gasteiger partial charge in [0.25, 0.3) is 0 Å². The van der Waals surface area contributed by atoms with Gasteiger partial charge in [-0.25, -0.2) is 4.98 Å². The van der Waals surface area contributed by atoms with Crippen LogP contribution in [0, 0.1) is 6.92 Å². The van der Waals surface area contributed by atoms with Crippen LogP contribution in [0.25, 0.3) is 0 Å². The fraction of sp³-hybridized carbons (Fsp3) is 0.375. The zero-order valence-electron chi connectivity index (χ0n) is 12.9. The molecule has 0 saturated carbocycles. The molecule has 1 aromatic heterocycles. The number of ether oxygens (including phenoxy) is 1. The predicted molar refractivity (Wildman–Crippen MR) is 88.8 cm³/mol. The molecular weight excluding hydrogens is 304 g/mol. The van der Waals surface area contributed by atoms with E-state index in [1.807, 2.05) is 58.2 Å². The Kier molecular flexibility index (Phi) is 4.79. The standard InChI is InChI=1S/C16H19ClN2OS/c1-10-13(17)18-15(16(2,3)4)19-14(10)20-11-6-8-12(21-5)9-7-11/h6-9H,1-5H3. The van der Waals surface area contributed by atoms with Gasteiger partial charge in [-0.05, 0) is 37.4 Å². The highest BCUT2D eigenvalue weighted by Crippen LogP contribution is 2.31. The molecule has 0 unspecified atom stereocenters. The van der Waals surface area contributed by atoms with Gasteiger partial charge in [-0.3, -0.25) is 0 Å². The highest BCUT2D eigenvalue weighted by Gasteiger charge is 2.21. The van der Waals surface area contributed by atoms with Crippen LogP contribution in [0.2, 0.25) is 5.15 Å². The molecule has 0 bridgehead atoms. The molecule has 0 N–H and O–H groups in total. The SMILES string of the molecule is CSc1ccc(Oc2nc(C(C)(C)C)nc(Cl)c2C)cc1. The van der Waals surface area contributed by atoms with E-state index in [1.54, 1.807) is 11.8 Å². The van der Waals surface area contributed by atoms with Gasteiger partial charge >= 0.3 is 0 Å². The fourth-order valence-corrected chi connectivity index (χ4v) is 2.23. The van der Waals surface area contributed by atoms with E-state index >= 15 is 0 Å². The van der Waals surface area contributed by atoms with Gasteiger partial charge in [0.05, 0.1) is 0 Å². The smallest absolute Gasteiger partial charge is 0.227 e. The lowest BCUT2D eigenvalue weighted by Gasteiger charge is -2.19. The first-order valence-corrected chi connectivity index (χ1v) is 8.28. The van der Waals surface area contributed by atoms with E-state index in [1.165, 1.54) is 4.90 Å². The average Bonchev–Trinajstić information content (AvgIpc) is 2.43. The van der Waals surface area contributed by atoms with Gasteiger partial charge < -0.3 is 4.74 Å². The summed E-state index contributed by atoms with van der Waals surface area (Å²) in [7, 11) is 0. The van der Waals surface area contributed by atoms with Gasteiger partial charge in [0.15, 0.2) is 0 Å². The van der Waals surface area contributed by atoms with Crippen molar-refractivity contribution in [3.8, 4) is 11.6 Å². The van der Waals surface area contributed by atoms with Gasteiger partial charge in [-0.2, -0.15) is 4.98 Å². The van der Waals surface area contributed by atoms with Crippen LogP contribution in [0.15, 0.2) is 29.2 Å². The second kappa shape index (κ2) is 6.24. The predicted octanol–water partition coefficient (Wildman–Crippen LogP) is 5.25. The van der Waals surface area contributed by atoms with E-state index in [0.29, 0.717) is 16.9 Å². The molecule has 0 fully saturated rings. The third kappa shape index (κ3) is 3.89. The zero-order chi connectivity index (χ0) is 15.6. The Morgan fingerprint density at radius 1 is 1.10 bits per heavy atom. The summed E-state index contributed by atoms with van der Waals surface area (Å²) in [5.41, 5.74) is 0.566. The normalized spacial score (nSPS) is 11.5. The van der Waals surface area contributed by atoms with E-state index in [9.17, 15) is 0 Å². The molecule has 112 valence electrons. The summed E-state index contributed by atoms with van der Waals surface area (Å²) >= 11 is 7.90. The number of halogens is 1. The van der Waals surface area contributed by atoms with Crippen molar-refractivity contribution in [1.29, 1.82) is 0 Å². The van der Waals surface area contributed by atoms with Crippen LogP contribution in [0.5, 0.6) is 11.6 Å².